The van der Waals surface area contributed by atoms with Gasteiger partial charge in [0.1, 0.15) is 11.6 Å². The summed E-state index contributed by atoms with van der Waals surface area (Å²) in [6.07, 6.45) is -0.000331. The second kappa shape index (κ2) is 10.5. The monoisotopic (exact) mass is 407 g/mol. The summed E-state index contributed by atoms with van der Waals surface area (Å²) in [5, 5.41) is 20.1. The van der Waals surface area contributed by atoms with Gasteiger partial charge in [0.25, 0.3) is 0 Å². The van der Waals surface area contributed by atoms with E-state index in [9.17, 15) is 9.90 Å². The van der Waals surface area contributed by atoms with Gasteiger partial charge in [-0.05, 0) is 55.8 Å². The van der Waals surface area contributed by atoms with E-state index in [0.29, 0.717) is 29.2 Å². The van der Waals surface area contributed by atoms with Gasteiger partial charge in [-0.15, -0.1) is 12.4 Å². The number of nitrogen functional groups attached to an aromatic ring is 1. The second-order valence-corrected chi connectivity index (χ2v) is 6.37. The number of halogens is 1. The highest BCUT2D eigenvalue weighted by molar-refractivity contribution is 5.95. The van der Waals surface area contributed by atoms with Crippen molar-refractivity contribution >= 4 is 29.9 Å². The lowest BCUT2D eigenvalue weighted by atomic mass is 10.0. The smallest absolute Gasteiger partial charge is 0.330 e. The summed E-state index contributed by atoms with van der Waals surface area (Å²) in [7, 11) is 1.58. The maximum atomic E-state index is 11.8. The minimum atomic E-state index is -1.01. The molecule has 2 aromatic carbocycles. The van der Waals surface area contributed by atoms with Crippen molar-refractivity contribution in [3.63, 3.8) is 0 Å². The highest BCUT2D eigenvalue weighted by Gasteiger charge is 2.21. The van der Waals surface area contributed by atoms with Gasteiger partial charge in [0.15, 0.2) is 6.04 Å². The van der Waals surface area contributed by atoms with Gasteiger partial charge in [-0.25, -0.2) is 4.79 Å². The number of nitrogens with one attached hydrogen (secondary N) is 2. The summed E-state index contributed by atoms with van der Waals surface area (Å²) in [5.74, 6) is -0.377. The van der Waals surface area contributed by atoms with Crippen LogP contribution in [0.3, 0.4) is 0 Å². The number of carboxylic acid groups (broad SMARTS) is 1. The van der Waals surface area contributed by atoms with Gasteiger partial charge >= 0.3 is 5.97 Å². The van der Waals surface area contributed by atoms with Gasteiger partial charge in [0, 0.05) is 23.9 Å². The van der Waals surface area contributed by atoms with Gasteiger partial charge in [0.2, 0.25) is 0 Å². The Morgan fingerprint density at radius 2 is 1.86 bits per heavy atom. The zero-order valence-electron chi connectivity index (χ0n) is 16.1. The number of carbonyl (C=O) groups is 1. The topological polar surface area (TPSA) is 118 Å². The van der Waals surface area contributed by atoms with Crippen molar-refractivity contribution in [3.05, 3.63) is 59.2 Å². The molecule has 0 aliphatic carbocycles. The molecule has 0 radical (unpaired) electrons. The molecule has 152 valence electrons. The van der Waals surface area contributed by atoms with Crippen LogP contribution in [0, 0.1) is 5.41 Å². The van der Waals surface area contributed by atoms with Gasteiger partial charge in [-0.3, -0.25) is 5.41 Å². The fourth-order valence-corrected chi connectivity index (χ4v) is 2.62. The molecule has 0 spiro atoms. The van der Waals surface area contributed by atoms with Crippen molar-refractivity contribution in [1.29, 1.82) is 5.41 Å². The molecule has 0 saturated heterocycles. The van der Waals surface area contributed by atoms with Crippen molar-refractivity contribution in [2.75, 3.05) is 12.4 Å². The number of hydrogen-bond donors (Lipinski definition) is 4. The minimum Gasteiger partial charge on any atom is -0.491 e. The molecule has 0 aliphatic rings. The molecule has 7 nitrogen and oxygen atoms in total. The van der Waals surface area contributed by atoms with Gasteiger partial charge in [-0.2, -0.15) is 0 Å². The Morgan fingerprint density at radius 3 is 2.36 bits per heavy atom. The van der Waals surface area contributed by atoms with Gasteiger partial charge < -0.3 is 25.6 Å². The van der Waals surface area contributed by atoms with Crippen LogP contribution in [0.25, 0.3) is 0 Å². The van der Waals surface area contributed by atoms with Crippen molar-refractivity contribution < 1.29 is 19.4 Å². The van der Waals surface area contributed by atoms with Crippen molar-refractivity contribution in [1.82, 2.24) is 0 Å². The van der Waals surface area contributed by atoms with Crippen LogP contribution in [0.1, 0.15) is 36.6 Å². The number of nitrogens with two attached hydrogens (primary N) is 1. The van der Waals surface area contributed by atoms with Crippen LogP contribution in [0.5, 0.6) is 5.75 Å². The summed E-state index contributed by atoms with van der Waals surface area (Å²) >= 11 is 0. The van der Waals surface area contributed by atoms with Crippen LogP contribution in [-0.4, -0.2) is 30.1 Å². The molecule has 1 unspecified atom stereocenters. The SMILES string of the molecule is COCc1cc(C(Nc2ccc(C(=N)N)cc2)C(=O)O)ccc1OC(C)C.Cl. The number of aliphatic carboxylic acids is 1. The van der Waals surface area contributed by atoms with Crippen LogP contribution in [0.2, 0.25) is 0 Å². The molecule has 2 aromatic rings. The number of amidine groups is 1. The minimum absolute atomic E-state index is 0. The maximum absolute atomic E-state index is 11.8. The number of anilines is 1. The predicted molar refractivity (Wildman–Crippen MR) is 112 cm³/mol. The highest BCUT2D eigenvalue weighted by Crippen LogP contribution is 2.27. The van der Waals surface area contributed by atoms with E-state index in [-0.39, 0.29) is 24.3 Å². The number of hydrogen-bond acceptors (Lipinski definition) is 5. The molecule has 0 aromatic heterocycles. The molecule has 8 heteroatoms. The zero-order chi connectivity index (χ0) is 20.0. The number of methoxy groups -OCH3 is 1. The summed E-state index contributed by atoms with van der Waals surface area (Å²) in [4.78, 5) is 11.8. The number of rotatable bonds is 9. The highest BCUT2D eigenvalue weighted by atomic mass is 35.5. The second-order valence-electron chi connectivity index (χ2n) is 6.37. The average molecular weight is 408 g/mol. The van der Waals surface area contributed by atoms with E-state index in [2.05, 4.69) is 5.32 Å². The van der Waals surface area contributed by atoms with E-state index >= 15 is 0 Å². The Labute approximate surface area is 170 Å². The Hall–Kier alpha value is -2.77. The van der Waals surface area contributed by atoms with Crippen LogP contribution in [-0.2, 0) is 16.1 Å². The van der Waals surface area contributed by atoms with E-state index in [1.54, 1.807) is 49.6 Å². The molecule has 0 heterocycles. The first-order valence-electron chi connectivity index (χ1n) is 8.54. The Morgan fingerprint density at radius 1 is 1.21 bits per heavy atom. The molecule has 0 bridgehead atoms. The largest absolute Gasteiger partial charge is 0.491 e. The molecule has 28 heavy (non-hydrogen) atoms. The fraction of sp³-hybridized carbons (Fsp3) is 0.300. The van der Waals surface area contributed by atoms with Gasteiger partial charge in [0.05, 0.1) is 12.7 Å². The zero-order valence-corrected chi connectivity index (χ0v) is 16.9. The fourth-order valence-electron chi connectivity index (χ4n) is 2.62. The molecule has 2 rings (SSSR count). The lowest BCUT2D eigenvalue weighted by Gasteiger charge is -2.20. The van der Waals surface area contributed by atoms with Crippen LogP contribution < -0.4 is 15.8 Å². The van der Waals surface area contributed by atoms with Crippen LogP contribution >= 0.6 is 12.4 Å². The predicted octanol–water partition coefficient (Wildman–Crippen LogP) is 3.56. The summed E-state index contributed by atoms with van der Waals surface area (Å²) in [6.45, 7) is 4.17. The number of carboxylic acids is 1. The van der Waals surface area contributed by atoms with Crippen molar-refractivity contribution in [3.8, 4) is 5.75 Å². The summed E-state index contributed by atoms with van der Waals surface area (Å²) in [5.41, 5.74) is 8.00. The average Bonchev–Trinajstić information content (AvgIpc) is 2.61. The summed E-state index contributed by atoms with van der Waals surface area (Å²) in [6, 6.07) is 11.0. The Bertz CT molecular complexity index is 810. The number of benzene rings is 2. The normalized spacial score (nSPS) is 11.4. The summed E-state index contributed by atoms with van der Waals surface area (Å²) < 4.78 is 11.0. The van der Waals surface area contributed by atoms with E-state index < -0.39 is 12.0 Å². The third-order valence-corrected chi connectivity index (χ3v) is 3.83. The molecular weight excluding hydrogens is 382 g/mol. The molecule has 1 atom stereocenters. The van der Waals surface area contributed by atoms with Crippen LogP contribution in [0.15, 0.2) is 42.5 Å². The molecule has 0 fully saturated rings. The maximum Gasteiger partial charge on any atom is 0.330 e. The standard InChI is InChI=1S/C20H25N3O4.ClH/c1-12(2)27-17-9-6-14(10-15(17)11-26-3)18(20(24)25)23-16-7-4-13(5-8-16)19(21)22;/h4-10,12,18,23H,11H2,1-3H3,(H3,21,22)(H,24,25);1H. The first-order valence-corrected chi connectivity index (χ1v) is 8.54. The third kappa shape index (κ3) is 6.14. The number of ether oxygens (including phenoxy) is 2. The van der Waals surface area contributed by atoms with E-state index in [1.165, 1.54) is 0 Å². The molecule has 0 saturated carbocycles. The van der Waals surface area contributed by atoms with Crippen molar-refractivity contribution in [2.45, 2.75) is 32.6 Å². The third-order valence-electron chi connectivity index (χ3n) is 3.83. The van der Waals surface area contributed by atoms with E-state index in [4.69, 9.17) is 20.6 Å². The molecule has 0 amide bonds. The van der Waals surface area contributed by atoms with Crippen molar-refractivity contribution in [2.24, 2.45) is 5.73 Å². The Kier molecular flexibility index (Phi) is 8.76. The first kappa shape index (κ1) is 23.3. The van der Waals surface area contributed by atoms with Crippen LogP contribution in [0.4, 0.5) is 5.69 Å². The first-order chi connectivity index (χ1) is 12.8. The molecule has 0 aliphatic heterocycles. The molecule has 5 N–H and O–H groups in total. The quantitative estimate of drug-likeness (QED) is 0.373. The van der Waals surface area contributed by atoms with E-state index in [1.807, 2.05) is 13.8 Å². The Balaban J connectivity index is 0.00000392. The van der Waals surface area contributed by atoms with E-state index in [0.717, 1.165) is 5.56 Å². The molecular formula is C20H26ClN3O4. The lowest BCUT2D eigenvalue weighted by Crippen LogP contribution is -2.21. The van der Waals surface area contributed by atoms with Gasteiger partial charge in [-0.1, -0.05) is 6.07 Å². The lowest BCUT2D eigenvalue weighted by molar-refractivity contribution is -0.138.